The number of halogens is 5. The van der Waals surface area contributed by atoms with Gasteiger partial charge in [0, 0.05) is 13.1 Å². The maximum absolute atomic E-state index is 14.3. The lowest BCUT2D eigenvalue weighted by molar-refractivity contribution is -0.172. The van der Waals surface area contributed by atoms with Crippen LogP contribution in [0.25, 0.3) is 11.3 Å². The van der Waals surface area contributed by atoms with Crippen molar-refractivity contribution in [3.05, 3.63) is 47.7 Å². The van der Waals surface area contributed by atoms with E-state index in [1.54, 1.807) is 6.07 Å². The first-order valence-electron chi connectivity index (χ1n) is 11.0. The molecule has 0 N–H and O–H groups in total. The van der Waals surface area contributed by atoms with Crippen molar-refractivity contribution in [2.45, 2.75) is 52.1 Å². The van der Waals surface area contributed by atoms with E-state index in [0.29, 0.717) is 18.4 Å². The predicted molar refractivity (Wildman–Crippen MR) is 112 cm³/mol. The minimum absolute atomic E-state index is 0.0615. The van der Waals surface area contributed by atoms with Gasteiger partial charge >= 0.3 is 6.18 Å². The van der Waals surface area contributed by atoms with Crippen molar-refractivity contribution >= 4 is 5.91 Å². The third-order valence-corrected chi connectivity index (χ3v) is 7.93. The van der Waals surface area contributed by atoms with Crippen LogP contribution in [0.2, 0.25) is 0 Å². The molecule has 4 nitrogen and oxygen atoms in total. The molecule has 1 aliphatic heterocycles. The van der Waals surface area contributed by atoms with Gasteiger partial charge in [-0.2, -0.15) is 23.4 Å². The van der Waals surface area contributed by atoms with Gasteiger partial charge in [-0.05, 0) is 54.4 Å². The van der Waals surface area contributed by atoms with Crippen LogP contribution in [0.15, 0.2) is 30.5 Å². The summed E-state index contributed by atoms with van der Waals surface area (Å²) in [5.74, 6) is -3.45. The summed E-state index contributed by atoms with van der Waals surface area (Å²) in [5, 5.41) is 7.86. The maximum atomic E-state index is 14.3. The molecule has 0 radical (unpaired) electrons. The topological polar surface area (TPSA) is 46.1 Å². The first-order valence-corrected chi connectivity index (χ1v) is 11.0. The zero-order valence-corrected chi connectivity index (χ0v) is 18.7. The van der Waals surface area contributed by atoms with E-state index in [1.807, 2.05) is 20.8 Å². The van der Waals surface area contributed by atoms with Crippen LogP contribution in [0.3, 0.4) is 0 Å². The van der Waals surface area contributed by atoms with Gasteiger partial charge < -0.3 is 4.90 Å². The molecule has 33 heavy (non-hydrogen) atoms. The molecule has 0 bridgehead atoms. The summed E-state index contributed by atoms with van der Waals surface area (Å²) in [6.07, 6.45) is -1.79. The van der Waals surface area contributed by atoms with Gasteiger partial charge in [0.05, 0.1) is 28.8 Å². The lowest BCUT2D eigenvalue weighted by atomic mass is 9.63. The van der Waals surface area contributed by atoms with E-state index in [0.717, 1.165) is 12.1 Å². The molecule has 1 aliphatic carbocycles. The average molecular weight is 467 g/mol. The highest BCUT2D eigenvalue weighted by molar-refractivity contribution is 5.84. The third kappa shape index (κ3) is 3.89. The molecule has 178 valence electrons. The average Bonchev–Trinajstić information content (AvgIpc) is 3.32. The zero-order valence-electron chi connectivity index (χ0n) is 18.7. The molecule has 9 heteroatoms. The number of hydrogen-bond acceptors (Lipinski definition) is 3. The minimum atomic E-state index is -4.31. The van der Waals surface area contributed by atoms with E-state index >= 15 is 0 Å². The molecule has 4 rings (SSSR count). The molecule has 0 spiro atoms. The molecule has 2 heterocycles. The van der Waals surface area contributed by atoms with Gasteiger partial charge in [-0.1, -0.05) is 26.8 Å². The number of carbonyl (C=O) groups excluding carboxylic acids is 1. The summed E-state index contributed by atoms with van der Waals surface area (Å²) in [6, 6.07) is 5.15. The number of rotatable bonds is 3. The van der Waals surface area contributed by atoms with Crippen molar-refractivity contribution in [1.82, 2.24) is 15.1 Å². The Labute approximate surface area is 189 Å². The molecular formula is C24H26F5N3O. The molecule has 1 amide bonds. The lowest BCUT2D eigenvalue weighted by Gasteiger charge is -2.42. The molecule has 2 aliphatic rings. The first-order chi connectivity index (χ1) is 15.4. The fourth-order valence-electron chi connectivity index (χ4n) is 5.46. The van der Waals surface area contributed by atoms with E-state index in [4.69, 9.17) is 0 Å². The smallest absolute Gasteiger partial charge is 0.342 e. The second-order valence-corrected chi connectivity index (χ2v) is 9.89. The van der Waals surface area contributed by atoms with Crippen LogP contribution in [0.1, 0.15) is 51.5 Å². The molecule has 3 atom stereocenters. The van der Waals surface area contributed by atoms with E-state index in [9.17, 15) is 26.7 Å². The third-order valence-electron chi connectivity index (χ3n) is 7.93. The largest absolute Gasteiger partial charge is 0.393 e. The molecule has 1 aromatic carbocycles. The van der Waals surface area contributed by atoms with Crippen molar-refractivity contribution in [2.24, 2.45) is 16.7 Å². The Morgan fingerprint density at radius 1 is 1.12 bits per heavy atom. The van der Waals surface area contributed by atoms with Crippen LogP contribution >= 0.6 is 0 Å². The molecule has 1 saturated heterocycles. The summed E-state index contributed by atoms with van der Waals surface area (Å²) in [5.41, 5.74) is -1.03. The molecule has 1 saturated carbocycles. The second kappa shape index (κ2) is 8.02. The Morgan fingerprint density at radius 2 is 1.79 bits per heavy atom. The summed E-state index contributed by atoms with van der Waals surface area (Å²) < 4.78 is 68.0. The van der Waals surface area contributed by atoms with Crippen LogP contribution in [0, 0.1) is 28.4 Å². The molecule has 2 aromatic rings. The van der Waals surface area contributed by atoms with E-state index in [2.05, 4.69) is 10.2 Å². The summed E-state index contributed by atoms with van der Waals surface area (Å²) in [7, 11) is 0. The van der Waals surface area contributed by atoms with E-state index < -0.39 is 34.6 Å². The quantitative estimate of drug-likeness (QED) is 0.541. The Kier molecular flexibility index (Phi) is 5.73. The number of aromatic nitrogens is 2. The predicted octanol–water partition coefficient (Wildman–Crippen LogP) is 5.74. The van der Waals surface area contributed by atoms with Gasteiger partial charge in [-0.25, -0.2) is 8.78 Å². The highest BCUT2D eigenvalue weighted by Gasteiger charge is 2.58. The van der Waals surface area contributed by atoms with Gasteiger partial charge in [0.1, 0.15) is 11.6 Å². The summed E-state index contributed by atoms with van der Waals surface area (Å²) in [4.78, 5) is 14.8. The highest BCUT2D eigenvalue weighted by atomic mass is 19.4. The number of carbonyl (C=O) groups is 1. The van der Waals surface area contributed by atoms with Crippen molar-refractivity contribution in [3.8, 4) is 11.3 Å². The minimum Gasteiger partial charge on any atom is -0.342 e. The van der Waals surface area contributed by atoms with Crippen LogP contribution in [-0.4, -0.2) is 40.3 Å². The van der Waals surface area contributed by atoms with Crippen LogP contribution in [-0.2, 0) is 4.79 Å². The number of amides is 1. The Balaban J connectivity index is 1.62. The van der Waals surface area contributed by atoms with Crippen LogP contribution in [0.4, 0.5) is 22.0 Å². The van der Waals surface area contributed by atoms with Crippen molar-refractivity contribution in [3.63, 3.8) is 0 Å². The Hall–Kier alpha value is -2.58. The van der Waals surface area contributed by atoms with Gasteiger partial charge in [-0.15, -0.1) is 0 Å². The number of alkyl halides is 3. The maximum Gasteiger partial charge on any atom is 0.393 e. The monoisotopic (exact) mass is 467 g/mol. The van der Waals surface area contributed by atoms with Gasteiger partial charge in [0.15, 0.2) is 0 Å². The van der Waals surface area contributed by atoms with Gasteiger partial charge in [0.2, 0.25) is 5.91 Å². The van der Waals surface area contributed by atoms with Crippen molar-refractivity contribution in [1.29, 1.82) is 0 Å². The molecule has 2 fully saturated rings. The number of likely N-dealkylation sites (tertiary alicyclic amines) is 1. The van der Waals surface area contributed by atoms with E-state index in [-0.39, 0.29) is 42.6 Å². The Morgan fingerprint density at radius 3 is 2.39 bits per heavy atom. The number of nitrogens with zero attached hydrogens (tertiary/aromatic N) is 3. The van der Waals surface area contributed by atoms with Gasteiger partial charge in [-0.3, -0.25) is 4.79 Å². The number of hydrogen-bond donors (Lipinski definition) is 0. The van der Waals surface area contributed by atoms with Crippen LogP contribution < -0.4 is 0 Å². The number of benzene rings is 1. The summed E-state index contributed by atoms with van der Waals surface area (Å²) >= 11 is 0. The van der Waals surface area contributed by atoms with Crippen molar-refractivity contribution in [2.75, 3.05) is 13.1 Å². The Bertz CT molecular complexity index is 1050. The highest BCUT2D eigenvalue weighted by Crippen LogP contribution is 2.61. The van der Waals surface area contributed by atoms with Crippen LogP contribution in [0.5, 0.6) is 0 Å². The first kappa shape index (κ1) is 23.6. The summed E-state index contributed by atoms with van der Waals surface area (Å²) in [6.45, 7) is 5.43. The molecule has 1 unspecified atom stereocenters. The fraction of sp³-hybridized carbons (Fsp3) is 0.542. The molecule has 1 aromatic heterocycles. The van der Waals surface area contributed by atoms with Crippen molar-refractivity contribution < 1.29 is 26.7 Å². The standard InChI is InChI=1S/C24H26F5N3O/c1-22(2)16(14-11-19(31-30-12-14)20-17(25)5-4-6-18(20)26)7-9-23(22,3)21(33)32-10-8-15(13-32)24(27,28)29/h4-6,11-12,15-16H,7-10,13H2,1-3H3/t15?,16-,23-/m1/s1. The van der Waals surface area contributed by atoms with Gasteiger partial charge in [0.25, 0.3) is 0 Å². The molecular weight excluding hydrogens is 441 g/mol. The zero-order chi connectivity index (χ0) is 24.2. The van der Waals surface area contributed by atoms with E-state index in [1.165, 1.54) is 17.2 Å². The lowest BCUT2D eigenvalue weighted by Crippen LogP contribution is -2.48. The fourth-order valence-corrected chi connectivity index (χ4v) is 5.46. The normalized spacial score (nSPS) is 27.2. The SMILES string of the molecule is CC1(C)[C@@H](c2cnnc(-c3c(F)cccc3F)c2)CC[C@]1(C)C(=O)N1CCC(C(F)(F)F)C1. The second-order valence-electron chi connectivity index (χ2n) is 9.89.